The number of benzene rings is 1. The van der Waals surface area contributed by atoms with E-state index < -0.39 is 0 Å². The summed E-state index contributed by atoms with van der Waals surface area (Å²) in [6, 6.07) is 13.0. The summed E-state index contributed by atoms with van der Waals surface area (Å²) < 4.78 is 2.25. The number of pyridine rings is 1. The molecule has 0 bridgehead atoms. The summed E-state index contributed by atoms with van der Waals surface area (Å²) in [6.07, 6.45) is 3.07. The van der Waals surface area contributed by atoms with Gasteiger partial charge in [-0.25, -0.2) is 4.98 Å². The van der Waals surface area contributed by atoms with Crippen molar-refractivity contribution in [2.45, 2.75) is 19.9 Å². The Morgan fingerprint density at radius 3 is 2.62 bits per heavy atom. The maximum absolute atomic E-state index is 5.68. The third kappa shape index (κ3) is 3.51. The number of nitrogens with two attached hydrogens (primary N) is 1. The standard InChI is InChI=1S/C21H27N5/c1-16-7-11-26-19(15-25-12-9-23-10-13-25)21(24-20(26)14-16)18-4-2-17(3-5-18)6-8-22/h2-5,7,11,14,23H,6,8-10,12-13,15,22H2,1H3. The molecule has 3 aromatic rings. The zero-order valence-electron chi connectivity index (χ0n) is 15.4. The fourth-order valence-corrected chi connectivity index (χ4v) is 3.66. The third-order valence-electron chi connectivity index (χ3n) is 5.12. The molecule has 0 amide bonds. The van der Waals surface area contributed by atoms with E-state index in [-0.39, 0.29) is 0 Å². The van der Waals surface area contributed by atoms with E-state index in [1.165, 1.54) is 22.4 Å². The molecule has 1 aliphatic heterocycles. The van der Waals surface area contributed by atoms with Gasteiger partial charge in [-0.05, 0) is 43.1 Å². The fourth-order valence-electron chi connectivity index (χ4n) is 3.66. The number of hydrogen-bond donors (Lipinski definition) is 2. The number of nitrogens with one attached hydrogen (secondary N) is 1. The van der Waals surface area contributed by atoms with Crippen molar-refractivity contribution in [3.63, 3.8) is 0 Å². The van der Waals surface area contributed by atoms with Gasteiger partial charge < -0.3 is 15.5 Å². The zero-order valence-corrected chi connectivity index (χ0v) is 15.4. The van der Waals surface area contributed by atoms with E-state index >= 15 is 0 Å². The van der Waals surface area contributed by atoms with Crippen molar-refractivity contribution in [3.8, 4) is 11.3 Å². The van der Waals surface area contributed by atoms with Gasteiger partial charge in [-0.15, -0.1) is 0 Å². The zero-order chi connectivity index (χ0) is 17.9. The Morgan fingerprint density at radius 1 is 1.12 bits per heavy atom. The van der Waals surface area contributed by atoms with Crippen molar-refractivity contribution in [1.82, 2.24) is 19.6 Å². The molecule has 3 N–H and O–H groups in total. The molecule has 3 heterocycles. The monoisotopic (exact) mass is 349 g/mol. The minimum absolute atomic E-state index is 0.682. The van der Waals surface area contributed by atoms with E-state index in [1.807, 2.05) is 0 Å². The number of aromatic nitrogens is 2. The van der Waals surface area contributed by atoms with Crippen molar-refractivity contribution in [3.05, 3.63) is 59.4 Å². The molecule has 2 aromatic heterocycles. The number of hydrogen-bond acceptors (Lipinski definition) is 4. The van der Waals surface area contributed by atoms with Gasteiger partial charge in [0.1, 0.15) is 5.65 Å². The molecule has 5 nitrogen and oxygen atoms in total. The Bertz CT molecular complexity index is 875. The van der Waals surface area contributed by atoms with Crippen molar-refractivity contribution < 1.29 is 0 Å². The van der Waals surface area contributed by atoms with Crippen LogP contribution in [0.2, 0.25) is 0 Å². The van der Waals surface area contributed by atoms with Gasteiger partial charge in [0.15, 0.2) is 0 Å². The summed E-state index contributed by atoms with van der Waals surface area (Å²) in [5.74, 6) is 0. The molecule has 136 valence electrons. The van der Waals surface area contributed by atoms with Crippen molar-refractivity contribution in [2.24, 2.45) is 5.73 Å². The average Bonchev–Trinajstić information content (AvgIpc) is 3.01. The number of fused-ring (bicyclic) bond motifs is 1. The van der Waals surface area contributed by atoms with E-state index in [4.69, 9.17) is 10.7 Å². The molecule has 1 saturated heterocycles. The molecule has 5 heteroatoms. The Hall–Kier alpha value is -2.21. The number of nitrogens with zero attached hydrogens (tertiary/aromatic N) is 3. The number of piperazine rings is 1. The van der Waals surface area contributed by atoms with Gasteiger partial charge in [0.2, 0.25) is 0 Å². The van der Waals surface area contributed by atoms with Crippen LogP contribution in [0.5, 0.6) is 0 Å². The highest BCUT2D eigenvalue weighted by Gasteiger charge is 2.18. The van der Waals surface area contributed by atoms with Gasteiger partial charge in [0.05, 0.1) is 11.4 Å². The molecule has 4 rings (SSSR count). The first-order valence-electron chi connectivity index (χ1n) is 9.44. The van der Waals surface area contributed by atoms with Crippen LogP contribution < -0.4 is 11.1 Å². The predicted molar refractivity (Wildman–Crippen MR) is 106 cm³/mol. The lowest BCUT2D eigenvalue weighted by atomic mass is 10.1. The topological polar surface area (TPSA) is 58.6 Å². The molecule has 0 spiro atoms. The molecular formula is C21H27N5. The molecule has 0 radical (unpaired) electrons. The summed E-state index contributed by atoms with van der Waals surface area (Å²) in [6.45, 7) is 7.98. The molecular weight excluding hydrogens is 322 g/mol. The highest BCUT2D eigenvalue weighted by molar-refractivity contribution is 5.67. The largest absolute Gasteiger partial charge is 0.330 e. The van der Waals surface area contributed by atoms with E-state index in [9.17, 15) is 0 Å². The Balaban J connectivity index is 1.75. The number of imidazole rings is 1. The van der Waals surface area contributed by atoms with E-state index in [0.29, 0.717) is 6.54 Å². The van der Waals surface area contributed by atoms with E-state index in [0.717, 1.165) is 50.5 Å². The highest BCUT2D eigenvalue weighted by Crippen LogP contribution is 2.26. The second-order valence-corrected chi connectivity index (χ2v) is 7.10. The second-order valence-electron chi connectivity index (χ2n) is 7.10. The van der Waals surface area contributed by atoms with E-state index in [1.54, 1.807) is 0 Å². The average molecular weight is 349 g/mol. The molecule has 0 atom stereocenters. The Labute approximate surface area is 154 Å². The minimum Gasteiger partial charge on any atom is -0.330 e. The maximum atomic E-state index is 5.68. The quantitative estimate of drug-likeness (QED) is 0.741. The van der Waals surface area contributed by atoms with Crippen LogP contribution >= 0.6 is 0 Å². The Kier molecular flexibility index (Phi) is 5.02. The normalized spacial score (nSPS) is 15.6. The predicted octanol–water partition coefficient (Wildman–Crippen LogP) is 2.22. The first-order valence-corrected chi connectivity index (χ1v) is 9.44. The van der Waals surface area contributed by atoms with Gasteiger partial charge in [-0.3, -0.25) is 4.90 Å². The van der Waals surface area contributed by atoms with Crippen LogP contribution in [0.4, 0.5) is 0 Å². The third-order valence-corrected chi connectivity index (χ3v) is 5.12. The van der Waals surface area contributed by atoms with Gasteiger partial charge in [0, 0.05) is 44.5 Å². The van der Waals surface area contributed by atoms with Gasteiger partial charge in [0.25, 0.3) is 0 Å². The second kappa shape index (κ2) is 7.58. The van der Waals surface area contributed by atoms with Crippen LogP contribution in [0.3, 0.4) is 0 Å². The molecule has 26 heavy (non-hydrogen) atoms. The van der Waals surface area contributed by atoms with Crippen LogP contribution in [0.15, 0.2) is 42.6 Å². The van der Waals surface area contributed by atoms with Crippen LogP contribution in [0.25, 0.3) is 16.9 Å². The SMILES string of the molecule is Cc1ccn2c(CN3CCNCC3)c(-c3ccc(CCN)cc3)nc2c1. The molecule has 0 saturated carbocycles. The molecule has 0 aliphatic carbocycles. The lowest BCUT2D eigenvalue weighted by molar-refractivity contribution is 0.230. The smallest absolute Gasteiger partial charge is 0.137 e. The van der Waals surface area contributed by atoms with Gasteiger partial charge >= 0.3 is 0 Å². The highest BCUT2D eigenvalue weighted by atomic mass is 15.2. The molecule has 1 fully saturated rings. The van der Waals surface area contributed by atoms with Crippen molar-refractivity contribution in [1.29, 1.82) is 0 Å². The lowest BCUT2D eigenvalue weighted by Crippen LogP contribution is -2.43. The molecule has 0 unspecified atom stereocenters. The summed E-state index contributed by atoms with van der Waals surface area (Å²) in [4.78, 5) is 7.49. The summed E-state index contributed by atoms with van der Waals surface area (Å²) in [5.41, 5.74) is 12.8. The van der Waals surface area contributed by atoms with Crippen LogP contribution in [0, 0.1) is 6.92 Å². The fraction of sp³-hybridized carbons (Fsp3) is 0.381. The van der Waals surface area contributed by atoms with Crippen LogP contribution in [0.1, 0.15) is 16.8 Å². The maximum Gasteiger partial charge on any atom is 0.137 e. The summed E-state index contributed by atoms with van der Waals surface area (Å²) >= 11 is 0. The van der Waals surface area contributed by atoms with Gasteiger partial charge in [-0.1, -0.05) is 24.3 Å². The Morgan fingerprint density at radius 2 is 1.88 bits per heavy atom. The first kappa shape index (κ1) is 17.2. The first-order chi connectivity index (χ1) is 12.7. The minimum atomic E-state index is 0.682. The summed E-state index contributed by atoms with van der Waals surface area (Å²) in [5, 5.41) is 3.43. The molecule has 1 aromatic carbocycles. The lowest BCUT2D eigenvalue weighted by Gasteiger charge is -2.27. The number of rotatable bonds is 5. The van der Waals surface area contributed by atoms with Crippen molar-refractivity contribution >= 4 is 5.65 Å². The van der Waals surface area contributed by atoms with Crippen molar-refractivity contribution in [2.75, 3.05) is 32.7 Å². The van der Waals surface area contributed by atoms with Crippen LogP contribution in [-0.2, 0) is 13.0 Å². The summed E-state index contributed by atoms with van der Waals surface area (Å²) in [7, 11) is 0. The number of aryl methyl sites for hydroxylation is 1. The van der Waals surface area contributed by atoms with Gasteiger partial charge in [-0.2, -0.15) is 0 Å². The molecule has 1 aliphatic rings. The van der Waals surface area contributed by atoms with Crippen LogP contribution in [-0.4, -0.2) is 47.0 Å². The van der Waals surface area contributed by atoms with E-state index in [2.05, 4.69) is 64.1 Å².